The number of carbonyl (C=O) groups is 1. The molecule has 1 aliphatic carbocycles. The van der Waals surface area contributed by atoms with E-state index in [1.54, 1.807) is 11.7 Å². The van der Waals surface area contributed by atoms with Crippen molar-refractivity contribution in [2.45, 2.75) is 71.8 Å². The lowest BCUT2D eigenvalue weighted by molar-refractivity contribution is -0.123. The van der Waals surface area contributed by atoms with Gasteiger partial charge in [0.05, 0.1) is 10.4 Å². The summed E-state index contributed by atoms with van der Waals surface area (Å²) in [6, 6.07) is 4.35. The van der Waals surface area contributed by atoms with E-state index in [1.165, 1.54) is 11.3 Å². The number of benzene rings is 1. The highest BCUT2D eigenvalue weighted by Gasteiger charge is 2.47. The number of rotatable bonds is 6. The molecule has 3 heterocycles. The van der Waals surface area contributed by atoms with Crippen molar-refractivity contribution in [1.82, 2.24) is 20.2 Å². The zero-order chi connectivity index (χ0) is 27.2. The van der Waals surface area contributed by atoms with Crippen molar-refractivity contribution < 1.29 is 14.3 Å². The van der Waals surface area contributed by atoms with Crippen LogP contribution in [0, 0.1) is 26.7 Å². The summed E-state index contributed by atoms with van der Waals surface area (Å²) in [4.78, 5) is 36.2. The topological polar surface area (TPSA) is 96.5 Å². The Hall–Kier alpha value is -3.17. The lowest BCUT2D eigenvalue weighted by Crippen LogP contribution is -2.46. The quantitative estimate of drug-likeness (QED) is 0.462. The average molecular weight is 537 g/mol. The normalized spacial score (nSPS) is 22.6. The highest BCUT2D eigenvalue weighted by Crippen LogP contribution is 2.53. The van der Waals surface area contributed by atoms with Crippen LogP contribution in [0.3, 0.4) is 0 Å². The van der Waals surface area contributed by atoms with Crippen LogP contribution in [0.25, 0.3) is 10.4 Å². The molecule has 0 radical (unpaired) electrons. The van der Waals surface area contributed by atoms with Gasteiger partial charge in [-0.05, 0) is 78.2 Å². The van der Waals surface area contributed by atoms with Crippen LogP contribution in [0.5, 0.6) is 11.5 Å². The Labute approximate surface area is 227 Å². The van der Waals surface area contributed by atoms with Crippen LogP contribution in [0.1, 0.15) is 65.3 Å². The van der Waals surface area contributed by atoms with Crippen molar-refractivity contribution in [3.05, 3.63) is 62.1 Å². The smallest absolute Gasteiger partial charge is 0.253 e. The number of fused-ring (bicyclic) bond motifs is 1. The number of carbonyl (C=O) groups excluding carboxylic acids is 1. The Kier molecular flexibility index (Phi) is 7.09. The molecule has 9 heteroatoms. The van der Waals surface area contributed by atoms with Gasteiger partial charge in [0.15, 0.2) is 11.5 Å². The van der Waals surface area contributed by atoms with Gasteiger partial charge >= 0.3 is 0 Å². The van der Waals surface area contributed by atoms with Crippen LogP contribution in [-0.4, -0.2) is 46.7 Å². The van der Waals surface area contributed by atoms with E-state index < -0.39 is 5.79 Å². The Morgan fingerprint density at radius 1 is 1.16 bits per heavy atom. The summed E-state index contributed by atoms with van der Waals surface area (Å²) in [6.07, 6.45) is 6.01. The second-order valence-corrected chi connectivity index (χ2v) is 11.8. The molecule has 1 amide bonds. The summed E-state index contributed by atoms with van der Waals surface area (Å²) in [7, 11) is 4.28. The molecule has 1 aromatic carbocycles. The van der Waals surface area contributed by atoms with Crippen molar-refractivity contribution in [3.8, 4) is 21.9 Å². The zero-order valence-electron chi connectivity index (χ0n) is 22.9. The van der Waals surface area contributed by atoms with Gasteiger partial charge in [0, 0.05) is 59.6 Å². The maximum atomic E-state index is 13.5. The number of amides is 1. The monoisotopic (exact) mass is 536 g/mol. The van der Waals surface area contributed by atoms with E-state index in [2.05, 4.69) is 34.3 Å². The SMILES string of the molecule is Cc1cc(C)c(CNC(=O)c2cc(-c3cncs3)c3c(c2C)OC(C)(C2CCC(N(C)C)CC2)O3)c(=O)[nH]1. The number of ether oxygens (including phenoxy) is 2. The number of thiazole rings is 1. The molecule has 2 aromatic heterocycles. The summed E-state index contributed by atoms with van der Waals surface area (Å²) in [5.74, 6) is 0.465. The molecule has 5 rings (SSSR count). The number of aromatic amines is 1. The van der Waals surface area contributed by atoms with Crippen LogP contribution >= 0.6 is 11.3 Å². The van der Waals surface area contributed by atoms with Crippen molar-refractivity contribution in [1.29, 1.82) is 0 Å². The molecule has 1 saturated carbocycles. The molecule has 38 heavy (non-hydrogen) atoms. The third kappa shape index (κ3) is 4.85. The molecule has 0 bridgehead atoms. The molecular weight excluding hydrogens is 500 g/mol. The van der Waals surface area contributed by atoms with Crippen LogP contribution in [0.4, 0.5) is 0 Å². The van der Waals surface area contributed by atoms with Crippen molar-refractivity contribution in [3.63, 3.8) is 0 Å². The van der Waals surface area contributed by atoms with Crippen molar-refractivity contribution >= 4 is 17.2 Å². The predicted octanol–water partition coefficient (Wildman–Crippen LogP) is 4.96. The van der Waals surface area contributed by atoms with Crippen LogP contribution in [0.15, 0.2) is 28.6 Å². The fourth-order valence-corrected chi connectivity index (χ4v) is 6.44. The molecular formula is C29H36N4O4S. The van der Waals surface area contributed by atoms with E-state index >= 15 is 0 Å². The summed E-state index contributed by atoms with van der Waals surface area (Å²) < 4.78 is 13.3. The lowest BCUT2D eigenvalue weighted by Gasteiger charge is -2.39. The number of aryl methyl sites for hydroxylation is 2. The Morgan fingerprint density at radius 3 is 2.50 bits per heavy atom. The fourth-order valence-electron chi connectivity index (χ4n) is 5.80. The van der Waals surface area contributed by atoms with E-state index in [0.717, 1.165) is 52.9 Å². The van der Waals surface area contributed by atoms with Gasteiger partial charge in [-0.3, -0.25) is 14.6 Å². The van der Waals surface area contributed by atoms with Crippen LogP contribution in [0.2, 0.25) is 0 Å². The number of H-pyrrole nitrogens is 1. The number of hydrogen-bond acceptors (Lipinski definition) is 7. The minimum atomic E-state index is -0.800. The van der Waals surface area contributed by atoms with E-state index in [4.69, 9.17) is 9.47 Å². The summed E-state index contributed by atoms with van der Waals surface area (Å²) >= 11 is 1.49. The second-order valence-electron chi connectivity index (χ2n) is 10.9. The van der Waals surface area contributed by atoms with E-state index in [9.17, 15) is 9.59 Å². The van der Waals surface area contributed by atoms with Crippen molar-refractivity contribution in [2.75, 3.05) is 14.1 Å². The van der Waals surface area contributed by atoms with Gasteiger partial charge < -0.3 is 24.7 Å². The molecule has 2 aliphatic rings. The molecule has 1 fully saturated rings. The highest BCUT2D eigenvalue weighted by atomic mass is 32.1. The summed E-state index contributed by atoms with van der Waals surface area (Å²) in [6.45, 7) is 7.78. The van der Waals surface area contributed by atoms with Gasteiger partial charge in [0.1, 0.15) is 0 Å². The molecule has 8 nitrogen and oxygen atoms in total. The Bertz CT molecular complexity index is 1410. The zero-order valence-corrected chi connectivity index (χ0v) is 23.8. The Balaban J connectivity index is 1.45. The standard InChI is InChI=1S/C29H36N4O4S/c1-16-11-17(2)32-28(35)23(16)13-31-27(34)21-12-22(24-14-30-15-38-24)26-25(18(21)3)36-29(4,37-26)19-7-9-20(10-8-19)33(5)6/h11-12,14-15,19-20H,7-10,13H2,1-6H3,(H,31,34)(H,32,35). The van der Waals surface area contributed by atoms with Gasteiger partial charge in [0.2, 0.25) is 0 Å². The van der Waals surface area contributed by atoms with E-state index in [-0.39, 0.29) is 23.9 Å². The van der Waals surface area contributed by atoms with Crippen molar-refractivity contribution in [2.24, 2.45) is 5.92 Å². The number of nitrogens with zero attached hydrogens (tertiary/aromatic N) is 2. The number of aromatic nitrogens is 2. The lowest BCUT2D eigenvalue weighted by atomic mass is 9.81. The highest BCUT2D eigenvalue weighted by molar-refractivity contribution is 7.13. The minimum absolute atomic E-state index is 0.136. The largest absolute Gasteiger partial charge is 0.448 e. The molecule has 0 spiro atoms. The van der Waals surface area contributed by atoms with E-state index in [0.29, 0.717) is 28.7 Å². The van der Waals surface area contributed by atoms with Gasteiger partial charge in [-0.15, -0.1) is 11.3 Å². The average Bonchev–Trinajstić information content (AvgIpc) is 3.53. The first kappa shape index (κ1) is 26.4. The van der Waals surface area contributed by atoms with Gasteiger partial charge in [0.25, 0.3) is 17.3 Å². The van der Waals surface area contributed by atoms with E-state index in [1.807, 2.05) is 39.8 Å². The van der Waals surface area contributed by atoms with Crippen LogP contribution < -0.4 is 20.3 Å². The maximum Gasteiger partial charge on any atom is 0.253 e. The molecule has 1 unspecified atom stereocenters. The third-order valence-corrected chi connectivity index (χ3v) is 8.93. The summed E-state index contributed by atoms with van der Waals surface area (Å²) in [5, 5.41) is 2.95. The molecule has 1 atom stereocenters. The molecule has 0 saturated heterocycles. The molecule has 2 N–H and O–H groups in total. The third-order valence-electron chi connectivity index (χ3n) is 8.12. The van der Waals surface area contributed by atoms with Gasteiger partial charge in [-0.2, -0.15) is 0 Å². The first-order valence-electron chi connectivity index (χ1n) is 13.2. The summed E-state index contributed by atoms with van der Waals surface area (Å²) in [5.41, 5.74) is 5.80. The second kappa shape index (κ2) is 10.2. The van der Waals surface area contributed by atoms with Gasteiger partial charge in [-0.1, -0.05) is 0 Å². The number of pyridine rings is 1. The maximum absolute atomic E-state index is 13.5. The Morgan fingerprint density at radius 2 is 1.87 bits per heavy atom. The first-order chi connectivity index (χ1) is 18.1. The minimum Gasteiger partial charge on any atom is -0.448 e. The first-order valence-corrected chi connectivity index (χ1v) is 14.0. The molecule has 3 aromatic rings. The number of hydrogen-bond donors (Lipinski definition) is 2. The number of nitrogens with one attached hydrogen (secondary N) is 2. The molecule has 202 valence electrons. The van der Waals surface area contributed by atoms with Crippen LogP contribution in [-0.2, 0) is 6.54 Å². The van der Waals surface area contributed by atoms with Gasteiger partial charge in [-0.25, -0.2) is 0 Å². The molecule has 1 aliphatic heterocycles. The predicted molar refractivity (Wildman–Crippen MR) is 149 cm³/mol. The fraction of sp³-hybridized carbons (Fsp3) is 0.483.